The monoisotopic (exact) mass is 479 g/mol. The van der Waals surface area contributed by atoms with Gasteiger partial charge in [0.15, 0.2) is 4.96 Å². The van der Waals surface area contributed by atoms with Crippen molar-refractivity contribution in [3.05, 3.63) is 63.3 Å². The molecule has 0 bridgehead atoms. The number of esters is 1. The fraction of sp³-hybridized carbons (Fsp3) is 0.273. The van der Waals surface area contributed by atoms with Crippen molar-refractivity contribution in [3.8, 4) is 0 Å². The number of thiazole rings is 1. The summed E-state index contributed by atoms with van der Waals surface area (Å²) < 4.78 is 41.6. The lowest BCUT2D eigenvalue weighted by atomic mass is 9.99. The number of carbonyl (C=O) groups excluding carboxylic acids is 1. The van der Waals surface area contributed by atoms with E-state index in [1.54, 1.807) is 21.9 Å². The van der Waals surface area contributed by atoms with Crippen LogP contribution in [-0.2, 0) is 20.7 Å². The van der Waals surface area contributed by atoms with E-state index < -0.39 is 23.7 Å². The van der Waals surface area contributed by atoms with Gasteiger partial charge in [0.25, 0.3) is 0 Å². The van der Waals surface area contributed by atoms with Gasteiger partial charge in [-0.2, -0.15) is 0 Å². The van der Waals surface area contributed by atoms with E-state index in [-0.39, 0.29) is 24.1 Å². The maximum atomic E-state index is 15.0. The number of anilines is 2. The maximum Gasteiger partial charge on any atom is 0.311 e. The van der Waals surface area contributed by atoms with Crippen molar-refractivity contribution >= 4 is 50.9 Å². The quantitative estimate of drug-likeness (QED) is 0.455. The zero-order valence-electron chi connectivity index (χ0n) is 17.5. The number of nitrogens with zero attached hydrogens (tertiary/aromatic N) is 2. The smallest absolute Gasteiger partial charge is 0.311 e. The van der Waals surface area contributed by atoms with Crippen molar-refractivity contribution in [1.29, 1.82) is 0 Å². The summed E-state index contributed by atoms with van der Waals surface area (Å²) in [6.07, 6.45) is 0.392. The molecule has 0 saturated heterocycles. The molecule has 0 fully saturated rings. The Kier molecular flexibility index (Phi) is 6.32. The van der Waals surface area contributed by atoms with E-state index >= 15 is 8.78 Å². The number of aromatic nitrogens is 2. The van der Waals surface area contributed by atoms with Crippen LogP contribution in [0.1, 0.15) is 23.4 Å². The molecule has 168 valence electrons. The number of benzene rings is 1. The van der Waals surface area contributed by atoms with Crippen LogP contribution in [0.25, 0.3) is 10.5 Å². The first-order valence-electron chi connectivity index (χ1n) is 9.71. The third-order valence-corrected chi connectivity index (χ3v) is 6.40. The third kappa shape index (κ3) is 4.03. The Hall–Kier alpha value is -2.75. The average molecular weight is 480 g/mol. The van der Waals surface area contributed by atoms with Crippen LogP contribution in [0, 0.1) is 6.92 Å². The van der Waals surface area contributed by atoms with E-state index in [0.29, 0.717) is 27.2 Å². The second-order valence-electron chi connectivity index (χ2n) is 7.24. The average Bonchev–Trinajstić information content (AvgIpc) is 3.30. The standard InChI is InChI=1S/C22H20ClF2N3O3S/c1-11-5-4-6-14(23)19(11)26-21-20(18-15(24)8-13(30-2)9-16(18)25)27-22-28(21)12(10-32-22)7-17(29)31-3/h4-6,8,10,13,26H,7,9H2,1-3H3. The lowest BCUT2D eigenvalue weighted by molar-refractivity contribution is -0.139. The van der Waals surface area contributed by atoms with Crippen LogP contribution < -0.4 is 5.32 Å². The highest BCUT2D eigenvalue weighted by molar-refractivity contribution is 7.15. The molecule has 2 aromatic heterocycles. The SMILES string of the molecule is COC(=O)Cc1csc2nc(C3=C(F)CC(OC)C=C3F)c(Nc3c(C)cccc3Cl)n12. The van der Waals surface area contributed by atoms with Gasteiger partial charge >= 0.3 is 5.97 Å². The minimum absolute atomic E-state index is 0.0336. The maximum absolute atomic E-state index is 15.0. The molecule has 3 aromatic rings. The minimum atomic E-state index is -0.764. The Morgan fingerprint density at radius 3 is 2.81 bits per heavy atom. The van der Waals surface area contributed by atoms with Crippen molar-refractivity contribution in [3.63, 3.8) is 0 Å². The number of nitrogens with one attached hydrogen (secondary N) is 1. The Labute approximate surface area is 192 Å². The number of para-hydroxylation sites is 1. The van der Waals surface area contributed by atoms with E-state index in [9.17, 15) is 4.79 Å². The van der Waals surface area contributed by atoms with Crippen LogP contribution in [0.5, 0.6) is 0 Å². The van der Waals surface area contributed by atoms with Crippen molar-refractivity contribution in [2.45, 2.75) is 25.9 Å². The predicted octanol–water partition coefficient (Wildman–Crippen LogP) is 5.77. The minimum Gasteiger partial charge on any atom is -0.469 e. The number of halogens is 3. The number of ether oxygens (including phenoxy) is 2. The highest BCUT2D eigenvalue weighted by atomic mass is 35.5. The third-order valence-electron chi connectivity index (χ3n) is 5.21. The van der Waals surface area contributed by atoms with E-state index in [1.807, 2.05) is 13.0 Å². The second-order valence-corrected chi connectivity index (χ2v) is 8.48. The Morgan fingerprint density at radius 2 is 2.16 bits per heavy atom. The van der Waals surface area contributed by atoms with Gasteiger partial charge in [0.05, 0.1) is 35.9 Å². The molecule has 10 heteroatoms. The molecule has 0 spiro atoms. The van der Waals surface area contributed by atoms with E-state index in [1.165, 1.54) is 31.6 Å². The summed E-state index contributed by atoms with van der Waals surface area (Å²) in [6.45, 7) is 1.86. The number of aryl methyl sites for hydroxylation is 1. The Morgan fingerprint density at radius 1 is 1.38 bits per heavy atom. The number of carbonyl (C=O) groups is 1. The first kappa shape index (κ1) is 22.4. The van der Waals surface area contributed by atoms with Crippen LogP contribution in [-0.4, -0.2) is 35.7 Å². The van der Waals surface area contributed by atoms with E-state index in [0.717, 1.165) is 5.56 Å². The molecule has 1 aromatic carbocycles. The van der Waals surface area contributed by atoms with Crippen molar-refractivity contribution in [2.75, 3.05) is 19.5 Å². The first-order valence-corrected chi connectivity index (χ1v) is 11.0. The molecule has 0 aliphatic heterocycles. The Balaban J connectivity index is 1.93. The van der Waals surface area contributed by atoms with Crippen LogP contribution in [0.2, 0.25) is 5.02 Å². The molecule has 1 aliphatic carbocycles. The van der Waals surface area contributed by atoms with E-state index in [4.69, 9.17) is 21.1 Å². The molecule has 4 rings (SSSR count). The molecule has 32 heavy (non-hydrogen) atoms. The first-order chi connectivity index (χ1) is 15.3. The Bertz CT molecular complexity index is 1240. The topological polar surface area (TPSA) is 64.9 Å². The van der Waals surface area contributed by atoms with E-state index in [2.05, 4.69) is 10.3 Å². The molecule has 1 unspecified atom stereocenters. The lowest BCUT2D eigenvalue weighted by Crippen LogP contribution is -2.14. The molecule has 0 radical (unpaired) electrons. The number of hydrogen-bond donors (Lipinski definition) is 1. The zero-order chi connectivity index (χ0) is 23.0. The van der Waals surface area contributed by atoms with Crippen LogP contribution in [0.3, 0.4) is 0 Å². The lowest BCUT2D eigenvalue weighted by Gasteiger charge is -2.19. The number of rotatable bonds is 6. The molecule has 2 heterocycles. The van der Waals surface area contributed by atoms with Crippen LogP contribution in [0.15, 0.2) is 41.3 Å². The van der Waals surface area contributed by atoms with Gasteiger partial charge in [-0.05, 0) is 24.6 Å². The summed E-state index contributed by atoms with van der Waals surface area (Å²) in [5.41, 5.74) is 1.81. The molecular formula is C22H20ClF2N3O3S. The molecule has 0 amide bonds. The molecule has 6 nitrogen and oxygen atoms in total. The fourth-order valence-corrected chi connectivity index (χ4v) is 4.72. The van der Waals surface area contributed by atoms with Crippen LogP contribution in [0.4, 0.5) is 20.3 Å². The van der Waals surface area contributed by atoms with Gasteiger partial charge in [0, 0.05) is 24.6 Å². The fourth-order valence-electron chi connectivity index (χ4n) is 3.56. The second kappa shape index (κ2) is 9.01. The largest absolute Gasteiger partial charge is 0.469 e. The van der Waals surface area contributed by atoms with Crippen molar-refractivity contribution in [1.82, 2.24) is 9.38 Å². The van der Waals surface area contributed by atoms with Gasteiger partial charge in [-0.3, -0.25) is 9.20 Å². The summed E-state index contributed by atoms with van der Waals surface area (Å²) in [5.74, 6) is -1.58. The van der Waals surface area contributed by atoms with Gasteiger partial charge in [-0.1, -0.05) is 23.7 Å². The number of methoxy groups -OCH3 is 2. The number of imidazole rings is 1. The summed E-state index contributed by atoms with van der Waals surface area (Å²) in [5, 5.41) is 5.40. The summed E-state index contributed by atoms with van der Waals surface area (Å²) in [6, 6.07) is 5.38. The van der Waals surface area contributed by atoms with Crippen molar-refractivity contribution in [2.24, 2.45) is 0 Å². The number of allylic oxidation sites excluding steroid dienone is 2. The summed E-state index contributed by atoms with van der Waals surface area (Å²) in [4.78, 5) is 16.9. The van der Waals surface area contributed by atoms with Gasteiger partial charge < -0.3 is 14.8 Å². The van der Waals surface area contributed by atoms with Gasteiger partial charge in [-0.25, -0.2) is 13.8 Å². The van der Waals surface area contributed by atoms with Crippen molar-refractivity contribution < 1.29 is 23.0 Å². The van der Waals surface area contributed by atoms with Crippen LogP contribution >= 0.6 is 22.9 Å². The van der Waals surface area contributed by atoms with Gasteiger partial charge in [0.2, 0.25) is 0 Å². The highest BCUT2D eigenvalue weighted by Crippen LogP contribution is 2.42. The summed E-state index contributed by atoms with van der Waals surface area (Å²) >= 11 is 7.65. The predicted molar refractivity (Wildman–Crippen MR) is 121 cm³/mol. The normalized spacial score (nSPS) is 16.4. The molecular weight excluding hydrogens is 460 g/mol. The summed E-state index contributed by atoms with van der Waals surface area (Å²) in [7, 11) is 2.69. The molecule has 1 N–H and O–H groups in total. The molecule has 0 saturated carbocycles. The van der Waals surface area contributed by atoms with Gasteiger partial charge in [0.1, 0.15) is 23.2 Å². The number of fused-ring (bicyclic) bond motifs is 1. The molecule has 1 atom stereocenters. The zero-order valence-corrected chi connectivity index (χ0v) is 19.1. The number of hydrogen-bond acceptors (Lipinski definition) is 6. The highest BCUT2D eigenvalue weighted by Gasteiger charge is 2.30. The van der Waals surface area contributed by atoms with Gasteiger partial charge in [-0.15, -0.1) is 11.3 Å². The molecule has 1 aliphatic rings.